The summed E-state index contributed by atoms with van der Waals surface area (Å²) in [5.74, 6) is 0. The fraction of sp³-hybridized carbons (Fsp3) is 0.250. The normalized spacial score (nSPS) is 10.4. The van der Waals surface area contributed by atoms with Gasteiger partial charge in [0.1, 0.15) is 6.61 Å². The third kappa shape index (κ3) is 2.76. The molecule has 1 heterocycles. The number of nitrogens with one attached hydrogen (secondary N) is 2. The number of carbonyl (C=O) groups excluding carboxylic acids is 1. The Labute approximate surface area is 98.9 Å². The largest absolute Gasteiger partial charge is 0.445 e. The van der Waals surface area contributed by atoms with Crippen molar-refractivity contribution >= 4 is 17.0 Å². The number of carbonyl (C=O) groups is 1. The molecule has 0 unspecified atom stereocenters. The van der Waals surface area contributed by atoms with Gasteiger partial charge in [0, 0.05) is 35.8 Å². The molecule has 0 bridgehead atoms. The average Bonchev–Trinajstić information content (AvgIpc) is 2.77. The number of ether oxygens (including phenoxy) is 1. The van der Waals surface area contributed by atoms with Gasteiger partial charge in [-0.1, -0.05) is 18.2 Å². The molecular formula is C12H15N3O2. The van der Waals surface area contributed by atoms with E-state index in [0.29, 0.717) is 13.1 Å². The fourth-order valence-electron chi connectivity index (χ4n) is 1.62. The molecule has 90 valence electrons. The van der Waals surface area contributed by atoms with E-state index >= 15 is 0 Å². The zero-order chi connectivity index (χ0) is 12.1. The predicted octanol–water partition coefficient (Wildman–Crippen LogP) is 1.35. The summed E-state index contributed by atoms with van der Waals surface area (Å²) >= 11 is 0. The first-order valence-electron chi connectivity index (χ1n) is 5.47. The number of para-hydroxylation sites is 1. The standard InChI is InChI=1S/C12H15N3O2/c13-5-6-14-12(16)17-8-9-7-15-11-4-2-1-3-10(9)11/h1-4,7,15H,5-6,8,13H2,(H,14,16). The quantitative estimate of drug-likeness (QED) is 0.745. The number of alkyl carbamates (subject to hydrolysis) is 1. The minimum Gasteiger partial charge on any atom is -0.445 e. The lowest BCUT2D eigenvalue weighted by Gasteiger charge is -2.04. The van der Waals surface area contributed by atoms with Crippen LogP contribution in [-0.4, -0.2) is 24.2 Å². The van der Waals surface area contributed by atoms with Crippen molar-refractivity contribution in [3.8, 4) is 0 Å². The van der Waals surface area contributed by atoms with Crippen molar-refractivity contribution in [3.05, 3.63) is 36.0 Å². The van der Waals surface area contributed by atoms with Gasteiger partial charge in [0.25, 0.3) is 0 Å². The van der Waals surface area contributed by atoms with Gasteiger partial charge in [0.15, 0.2) is 0 Å². The van der Waals surface area contributed by atoms with E-state index in [1.54, 1.807) is 0 Å². The third-order valence-electron chi connectivity index (χ3n) is 2.45. The molecule has 1 aromatic heterocycles. The summed E-state index contributed by atoms with van der Waals surface area (Å²) in [5, 5.41) is 3.62. The lowest BCUT2D eigenvalue weighted by atomic mass is 10.2. The number of H-pyrrole nitrogens is 1. The maximum atomic E-state index is 11.2. The van der Waals surface area contributed by atoms with E-state index in [-0.39, 0.29) is 6.61 Å². The molecule has 1 aromatic carbocycles. The Balaban J connectivity index is 1.97. The summed E-state index contributed by atoms with van der Waals surface area (Å²) < 4.78 is 5.07. The summed E-state index contributed by atoms with van der Waals surface area (Å²) in [7, 11) is 0. The SMILES string of the molecule is NCCNC(=O)OCc1c[nH]c2ccccc12. The number of nitrogens with two attached hydrogens (primary N) is 1. The van der Waals surface area contributed by atoms with Crippen LogP contribution >= 0.6 is 0 Å². The predicted molar refractivity (Wildman–Crippen MR) is 65.5 cm³/mol. The summed E-state index contributed by atoms with van der Waals surface area (Å²) in [6.07, 6.45) is 1.40. The first-order chi connectivity index (χ1) is 8.31. The molecule has 0 saturated heterocycles. The van der Waals surface area contributed by atoms with Gasteiger partial charge in [-0.05, 0) is 6.07 Å². The number of hydrogen-bond acceptors (Lipinski definition) is 3. The van der Waals surface area contributed by atoms with Crippen LogP contribution < -0.4 is 11.1 Å². The van der Waals surface area contributed by atoms with Crippen molar-refractivity contribution in [2.24, 2.45) is 5.73 Å². The number of amides is 1. The van der Waals surface area contributed by atoms with Crippen LogP contribution in [0.25, 0.3) is 10.9 Å². The Morgan fingerprint density at radius 1 is 1.41 bits per heavy atom. The zero-order valence-corrected chi connectivity index (χ0v) is 9.40. The molecule has 0 aliphatic carbocycles. The van der Waals surface area contributed by atoms with Crippen LogP contribution in [0.3, 0.4) is 0 Å². The van der Waals surface area contributed by atoms with Crippen LogP contribution in [0.1, 0.15) is 5.56 Å². The number of rotatable bonds is 4. The van der Waals surface area contributed by atoms with Crippen molar-refractivity contribution in [2.75, 3.05) is 13.1 Å². The van der Waals surface area contributed by atoms with E-state index < -0.39 is 6.09 Å². The van der Waals surface area contributed by atoms with Crippen molar-refractivity contribution in [3.63, 3.8) is 0 Å². The van der Waals surface area contributed by atoms with Crippen LogP contribution in [0, 0.1) is 0 Å². The smallest absolute Gasteiger partial charge is 0.407 e. The molecule has 17 heavy (non-hydrogen) atoms. The first-order valence-corrected chi connectivity index (χ1v) is 5.47. The highest BCUT2D eigenvalue weighted by atomic mass is 16.5. The van der Waals surface area contributed by atoms with Crippen LogP contribution in [0.2, 0.25) is 0 Å². The van der Waals surface area contributed by atoms with Gasteiger partial charge in [-0.25, -0.2) is 4.79 Å². The number of aromatic nitrogens is 1. The Morgan fingerprint density at radius 2 is 2.24 bits per heavy atom. The van der Waals surface area contributed by atoms with Crippen LogP contribution in [0.15, 0.2) is 30.5 Å². The Kier molecular flexibility index (Phi) is 3.62. The highest BCUT2D eigenvalue weighted by Crippen LogP contribution is 2.18. The zero-order valence-electron chi connectivity index (χ0n) is 9.40. The first kappa shape index (κ1) is 11.5. The van der Waals surface area contributed by atoms with Gasteiger partial charge < -0.3 is 20.8 Å². The molecule has 2 aromatic rings. The van der Waals surface area contributed by atoms with E-state index in [1.165, 1.54) is 0 Å². The molecule has 0 fully saturated rings. The fourth-order valence-corrected chi connectivity index (χ4v) is 1.62. The molecule has 4 N–H and O–H groups in total. The molecule has 0 aliphatic heterocycles. The highest BCUT2D eigenvalue weighted by molar-refractivity contribution is 5.83. The maximum absolute atomic E-state index is 11.2. The van der Waals surface area contributed by atoms with Crippen LogP contribution in [0.4, 0.5) is 4.79 Å². The molecule has 0 radical (unpaired) electrons. The van der Waals surface area contributed by atoms with Crippen molar-refractivity contribution in [1.82, 2.24) is 10.3 Å². The van der Waals surface area contributed by atoms with Crippen LogP contribution in [0.5, 0.6) is 0 Å². The van der Waals surface area contributed by atoms with Gasteiger partial charge in [0.05, 0.1) is 0 Å². The summed E-state index contributed by atoms with van der Waals surface area (Å²) in [4.78, 5) is 14.4. The van der Waals surface area contributed by atoms with E-state index in [9.17, 15) is 4.79 Å². The highest BCUT2D eigenvalue weighted by Gasteiger charge is 2.05. The molecule has 0 atom stereocenters. The molecule has 5 heteroatoms. The van der Waals surface area contributed by atoms with Crippen molar-refractivity contribution in [2.45, 2.75) is 6.61 Å². The number of benzene rings is 1. The lowest BCUT2D eigenvalue weighted by Crippen LogP contribution is -2.29. The van der Waals surface area contributed by atoms with Gasteiger partial charge in [-0.3, -0.25) is 0 Å². The minimum atomic E-state index is -0.444. The summed E-state index contributed by atoms with van der Waals surface area (Å²) in [6.45, 7) is 1.08. The number of hydrogen-bond donors (Lipinski definition) is 3. The molecule has 1 amide bonds. The molecule has 0 saturated carbocycles. The van der Waals surface area contributed by atoms with Gasteiger partial charge >= 0.3 is 6.09 Å². The topological polar surface area (TPSA) is 80.1 Å². The summed E-state index contributed by atoms with van der Waals surface area (Å²) in [6, 6.07) is 7.88. The average molecular weight is 233 g/mol. The molecule has 0 aliphatic rings. The van der Waals surface area contributed by atoms with Crippen molar-refractivity contribution < 1.29 is 9.53 Å². The van der Waals surface area contributed by atoms with E-state index in [4.69, 9.17) is 10.5 Å². The molecule has 2 rings (SSSR count). The summed E-state index contributed by atoms with van der Waals surface area (Å²) in [5.41, 5.74) is 7.26. The third-order valence-corrected chi connectivity index (χ3v) is 2.45. The van der Waals surface area contributed by atoms with Gasteiger partial charge in [-0.2, -0.15) is 0 Å². The second-order valence-electron chi connectivity index (χ2n) is 3.65. The minimum absolute atomic E-state index is 0.250. The number of aromatic amines is 1. The van der Waals surface area contributed by atoms with Crippen LogP contribution in [-0.2, 0) is 11.3 Å². The Hall–Kier alpha value is -2.01. The monoisotopic (exact) mass is 233 g/mol. The van der Waals surface area contributed by atoms with E-state index in [2.05, 4.69) is 10.3 Å². The van der Waals surface area contributed by atoms with Gasteiger partial charge in [0.2, 0.25) is 0 Å². The molecule has 0 spiro atoms. The van der Waals surface area contributed by atoms with Gasteiger partial charge in [-0.15, -0.1) is 0 Å². The second-order valence-corrected chi connectivity index (χ2v) is 3.65. The molecule has 5 nitrogen and oxygen atoms in total. The maximum Gasteiger partial charge on any atom is 0.407 e. The Bertz CT molecular complexity index is 507. The number of fused-ring (bicyclic) bond motifs is 1. The Morgan fingerprint density at radius 3 is 3.06 bits per heavy atom. The van der Waals surface area contributed by atoms with Crippen molar-refractivity contribution in [1.29, 1.82) is 0 Å². The second kappa shape index (κ2) is 5.36. The van der Waals surface area contributed by atoms with E-state index in [1.807, 2.05) is 30.5 Å². The van der Waals surface area contributed by atoms with E-state index in [0.717, 1.165) is 16.5 Å². The lowest BCUT2D eigenvalue weighted by molar-refractivity contribution is 0.140. The molecular weight excluding hydrogens is 218 g/mol.